The van der Waals surface area contributed by atoms with E-state index >= 15 is 0 Å². The van der Waals surface area contributed by atoms with Crippen LogP contribution in [0.3, 0.4) is 0 Å². The second kappa shape index (κ2) is 6.55. The van der Waals surface area contributed by atoms with Crippen molar-refractivity contribution in [3.8, 4) is 0 Å². The zero-order valence-electron chi connectivity index (χ0n) is 13.5. The Kier molecular flexibility index (Phi) is 4.91. The van der Waals surface area contributed by atoms with Gasteiger partial charge in [-0.2, -0.15) is 0 Å². The van der Waals surface area contributed by atoms with E-state index in [9.17, 15) is 13.2 Å². The molecule has 0 radical (unpaired) electrons. The van der Waals surface area contributed by atoms with Crippen molar-refractivity contribution in [3.63, 3.8) is 0 Å². The van der Waals surface area contributed by atoms with Gasteiger partial charge < -0.3 is 9.73 Å². The topological polar surface area (TPSA) is 88.4 Å². The van der Waals surface area contributed by atoms with E-state index in [-0.39, 0.29) is 16.8 Å². The van der Waals surface area contributed by atoms with Gasteiger partial charge in [0.25, 0.3) is 5.91 Å². The Hall–Kier alpha value is -2.12. The molecule has 23 heavy (non-hydrogen) atoms. The lowest BCUT2D eigenvalue weighted by atomic mass is 10.2. The Balaban J connectivity index is 2.14. The zero-order chi connectivity index (χ0) is 17.2. The van der Waals surface area contributed by atoms with Crippen LogP contribution in [-0.4, -0.2) is 20.4 Å². The van der Waals surface area contributed by atoms with Gasteiger partial charge in [0.2, 0.25) is 10.0 Å². The Morgan fingerprint density at radius 1 is 1.13 bits per heavy atom. The first-order valence-corrected chi connectivity index (χ1v) is 8.68. The molecule has 1 amide bonds. The predicted octanol–water partition coefficient (Wildman–Crippen LogP) is 2.84. The highest BCUT2D eigenvalue weighted by molar-refractivity contribution is 7.89. The van der Waals surface area contributed by atoms with Gasteiger partial charge in [0.05, 0.1) is 10.5 Å². The van der Waals surface area contributed by atoms with Crippen molar-refractivity contribution in [2.45, 2.75) is 38.6 Å². The number of hydrogen-bond acceptors (Lipinski definition) is 4. The molecule has 2 rings (SSSR count). The van der Waals surface area contributed by atoms with Gasteiger partial charge in [0, 0.05) is 11.7 Å². The summed E-state index contributed by atoms with van der Waals surface area (Å²) in [6.45, 7) is 6.99. The second-order valence-electron chi connectivity index (χ2n) is 5.58. The fraction of sp³-hybridized carbons (Fsp3) is 0.312. The van der Waals surface area contributed by atoms with Crippen molar-refractivity contribution in [1.29, 1.82) is 0 Å². The summed E-state index contributed by atoms with van der Waals surface area (Å²) in [5.41, 5.74) is 0.970. The number of aryl methyl sites for hydroxylation is 2. The van der Waals surface area contributed by atoms with Gasteiger partial charge in [0.1, 0.15) is 11.5 Å². The van der Waals surface area contributed by atoms with Gasteiger partial charge in [0.15, 0.2) is 0 Å². The predicted molar refractivity (Wildman–Crippen MR) is 88.0 cm³/mol. The molecular formula is C16H20N2O4S. The lowest BCUT2D eigenvalue weighted by Gasteiger charge is -2.10. The third kappa shape index (κ3) is 4.20. The Morgan fingerprint density at radius 2 is 1.74 bits per heavy atom. The molecule has 0 fully saturated rings. The maximum absolute atomic E-state index is 12.2. The molecule has 0 aliphatic heterocycles. The highest BCUT2D eigenvalue weighted by atomic mass is 32.2. The molecule has 0 aliphatic carbocycles. The molecule has 0 atom stereocenters. The fourth-order valence-electron chi connectivity index (χ4n) is 2.15. The van der Waals surface area contributed by atoms with Crippen LogP contribution in [0.1, 0.15) is 35.7 Å². The average Bonchev–Trinajstić information content (AvgIpc) is 2.77. The highest BCUT2D eigenvalue weighted by Gasteiger charge is 2.16. The van der Waals surface area contributed by atoms with Crippen LogP contribution in [0, 0.1) is 13.8 Å². The summed E-state index contributed by atoms with van der Waals surface area (Å²) in [4.78, 5) is 12.3. The van der Waals surface area contributed by atoms with Crippen molar-refractivity contribution in [3.05, 3.63) is 47.4 Å². The Morgan fingerprint density at radius 3 is 2.22 bits per heavy atom. The number of carbonyl (C=O) groups is 1. The smallest absolute Gasteiger partial charge is 0.259 e. The van der Waals surface area contributed by atoms with Crippen LogP contribution < -0.4 is 10.0 Å². The van der Waals surface area contributed by atoms with Crippen molar-refractivity contribution >= 4 is 21.6 Å². The largest absolute Gasteiger partial charge is 0.466 e. The first kappa shape index (κ1) is 17.2. The molecule has 1 aromatic heterocycles. The third-order valence-corrected chi connectivity index (χ3v) is 4.77. The van der Waals surface area contributed by atoms with E-state index in [0.717, 1.165) is 0 Å². The van der Waals surface area contributed by atoms with E-state index in [1.165, 1.54) is 12.1 Å². The van der Waals surface area contributed by atoms with Crippen LogP contribution in [0.5, 0.6) is 0 Å². The zero-order valence-corrected chi connectivity index (χ0v) is 14.3. The average molecular weight is 336 g/mol. The molecule has 6 nitrogen and oxygen atoms in total. The van der Waals surface area contributed by atoms with E-state index in [1.54, 1.807) is 45.9 Å². The standard InChI is InChI=1S/C16H20N2O4S/c1-10(2)18-23(20,21)14-7-5-13(6-8-14)17-16(19)15-9-11(3)22-12(15)4/h5-10,18H,1-4H3,(H,17,19). The molecule has 0 saturated heterocycles. The number of benzene rings is 1. The molecule has 2 N–H and O–H groups in total. The van der Waals surface area contributed by atoms with Crippen molar-refractivity contribution in [1.82, 2.24) is 4.72 Å². The third-order valence-electron chi connectivity index (χ3n) is 3.10. The number of carbonyl (C=O) groups excluding carboxylic acids is 1. The first-order valence-electron chi connectivity index (χ1n) is 7.20. The molecule has 2 aromatic rings. The SMILES string of the molecule is Cc1cc(C(=O)Nc2ccc(S(=O)(=O)NC(C)C)cc2)c(C)o1. The van der Waals surface area contributed by atoms with Gasteiger partial charge in [-0.15, -0.1) is 0 Å². The molecule has 0 saturated carbocycles. The first-order chi connectivity index (χ1) is 10.7. The molecule has 124 valence electrons. The van der Waals surface area contributed by atoms with Gasteiger partial charge in [-0.05, 0) is 58.0 Å². The summed E-state index contributed by atoms with van der Waals surface area (Å²) in [6, 6.07) is 7.48. The second-order valence-corrected chi connectivity index (χ2v) is 7.30. The summed E-state index contributed by atoms with van der Waals surface area (Å²) < 4.78 is 31.9. The number of anilines is 1. The van der Waals surface area contributed by atoms with Crippen LogP contribution in [-0.2, 0) is 10.0 Å². The van der Waals surface area contributed by atoms with Crippen LogP contribution in [0.4, 0.5) is 5.69 Å². The Bertz CT molecular complexity index is 805. The molecule has 0 unspecified atom stereocenters. The molecule has 0 bridgehead atoms. The lowest BCUT2D eigenvalue weighted by molar-refractivity contribution is 0.102. The minimum Gasteiger partial charge on any atom is -0.466 e. The number of furan rings is 1. The number of rotatable bonds is 5. The van der Waals surface area contributed by atoms with Crippen LogP contribution >= 0.6 is 0 Å². The highest BCUT2D eigenvalue weighted by Crippen LogP contribution is 2.18. The molecule has 1 aromatic carbocycles. The van der Waals surface area contributed by atoms with E-state index in [4.69, 9.17) is 4.42 Å². The lowest BCUT2D eigenvalue weighted by Crippen LogP contribution is -2.30. The summed E-state index contributed by atoms with van der Waals surface area (Å²) >= 11 is 0. The van der Waals surface area contributed by atoms with E-state index in [1.807, 2.05) is 0 Å². The minimum atomic E-state index is -3.54. The van der Waals surface area contributed by atoms with Gasteiger partial charge in [-0.1, -0.05) is 0 Å². The molecule has 7 heteroatoms. The number of nitrogens with one attached hydrogen (secondary N) is 2. The molecule has 1 heterocycles. The van der Waals surface area contributed by atoms with Gasteiger partial charge >= 0.3 is 0 Å². The van der Waals surface area contributed by atoms with Gasteiger partial charge in [-0.3, -0.25) is 4.79 Å². The monoisotopic (exact) mass is 336 g/mol. The summed E-state index contributed by atoms with van der Waals surface area (Å²) in [5.74, 6) is 0.907. The molecular weight excluding hydrogens is 316 g/mol. The minimum absolute atomic E-state index is 0.152. The van der Waals surface area contributed by atoms with Crippen LogP contribution in [0.2, 0.25) is 0 Å². The van der Waals surface area contributed by atoms with E-state index < -0.39 is 10.0 Å². The van der Waals surface area contributed by atoms with Gasteiger partial charge in [-0.25, -0.2) is 13.1 Å². The fourth-order valence-corrected chi connectivity index (χ4v) is 3.40. The maximum atomic E-state index is 12.2. The maximum Gasteiger partial charge on any atom is 0.259 e. The summed E-state index contributed by atoms with van der Waals surface area (Å²) in [6.07, 6.45) is 0. The quantitative estimate of drug-likeness (QED) is 0.879. The normalized spacial score (nSPS) is 11.7. The van der Waals surface area contributed by atoms with Crippen molar-refractivity contribution in [2.75, 3.05) is 5.32 Å². The van der Waals surface area contributed by atoms with Crippen molar-refractivity contribution < 1.29 is 17.6 Å². The van der Waals surface area contributed by atoms with Crippen LogP contribution in [0.15, 0.2) is 39.6 Å². The number of sulfonamides is 1. The van der Waals surface area contributed by atoms with E-state index in [2.05, 4.69) is 10.0 Å². The number of amides is 1. The number of hydrogen-bond donors (Lipinski definition) is 2. The Labute approximate surface area is 135 Å². The van der Waals surface area contributed by atoms with E-state index in [0.29, 0.717) is 22.8 Å². The molecule has 0 spiro atoms. The van der Waals surface area contributed by atoms with Crippen molar-refractivity contribution in [2.24, 2.45) is 0 Å². The summed E-state index contributed by atoms with van der Waals surface area (Å²) in [5, 5.41) is 2.72. The van der Waals surface area contributed by atoms with Crippen LogP contribution in [0.25, 0.3) is 0 Å². The summed E-state index contributed by atoms with van der Waals surface area (Å²) in [7, 11) is -3.54. The molecule has 0 aliphatic rings.